The smallest absolute Gasteiger partial charge is 0.216 e. The highest BCUT2D eigenvalue weighted by atomic mass is 16.1. The molecule has 88 valence electrons. The van der Waals surface area contributed by atoms with E-state index in [4.69, 9.17) is 0 Å². The summed E-state index contributed by atoms with van der Waals surface area (Å²) in [6.07, 6.45) is 0. The quantitative estimate of drug-likeness (QED) is 0.743. The predicted molar refractivity (Wildman–Crippen MR) is 66.3 cm³/mol. The van der Waals surface area contributed by atoms with Gasteiger partial charge < -0.3 is 10.6 Å². The Bertz CT molecular complexity index is 350. The van der Waals surface area contributed by atoms with Gasteiger partial charge in [-0.3, -0.25) is 4.79 Å². The van der Waals surface area contributed by atoms with Crippen LogP contribution in [0.1, 0.15) is 31.0 Å². The highest BCUT2D eigenvalue weighted by Crippen LogP contribution is 2.12. The molecule has 0 fully saturated rings. The number of carbonyl (C=O) groups excluding carboxylic acids is 1. The van der Waals surface area contributed by atoms with Crippen molar-refractivity contribution >= 4 is 5.91 Å². The van der Waals surface area contributed by atoms with Crippen LogP contribution in [-0.2, 0) is 4.79 Å². The highest BCUT2D eigenvalue weighted by Gasteiger charge is 2.03. The van der Waals surface area contributed by atoms with Gasteiger partial charge in [0.05, 0.1) is 0 Å². The molecule has 16 heavy (non-hydrogen) atoms. The first-order valence-corrected chi connectivity index (χ1v) is 5.64. The number of amides is 1. The van der Waals surface area contributed by atoms with Crippen molar-refractivity contribution in [3.05, 3.63) is 35.4 Å². The van der Waals surface area contributed by atoms with E-state index >= 15 is 0 Å². The SMILES string of the molecule is CC(=O)NCCN[C@@H](C)c1cccc(C)c1. The molecule has 0 aromatic heterocycles. The van der Waals surface area contributed by atoms with Gasteiger partial charge in [0.1, 0.15) is 0 Å². The molecule has 0 radical (unpaired) electrons. The molecule has 0 saturated carbocycles. The van der Waals surface area contributed by atoms with Crippen molar-refractivity contribution in [3.63, 3.8) is 0 Å². The predicted octanol–water partition coefficient (Wildman–Crippen LogP) is 1.78. The minimum atomic E-state index is 0.0185. The zero-order valence-electron chi connectivity index (χ0n) is 10.2. The van der Waals surface area contributed by atoms with Gasteiger partial charge in [-0.2, -0.15) is 0 Å². The fraction of sp³-hybridized carbons (Fsp3) is 0.462. The lowest BCUT2D eigenvalue weighted by atomic mass is 10.1. The van der Waals surface area contributed by atoms with Crippen LogP contribution >= 0.6 is 0 Å². The van der Waals surface area contributed by atoms with Crippen molar-refractivity contribution in [3.8, 4) is 0 Å². The van der Waals surface area contributed by atoms with Crippen LogP contribution in [-0.4, -0.2) is 19.0 Å². The Kier molecular flexibility index (Phi) is 4.99. The summed E-state index contributed by atoms with van der Waals surface area (Å²) in [5.74, 6) is 0.0185. The first kappa shape index (κ1) is 12.7. The maximum atomic E-state index is 10.7. The summed E-state index contributed by atoms with van der Waals surface area (Å²) in [5, 5.41) is 6.13. The Morgan fingerprint density at radius 2 is 2.12 bits per heavy atom. The summed E-state index contributed by atoms with van der Waals surface area (Å²) in [6.45, 7) is 7.21. The van der Waals surface area contributed by atoms with E-state index in [1.165, 1.54) is 18.1 Å². The number of hydrogen-bond acceptors (Lipinski definition) is 2. The lowest BCUT2D eigenvalue weighted by Crippen LogP contribution is -2.31. The Morgan fingerprint density at radius 1 is 1.38 bits per heavy atom. The summed E-state index contributed by atoms with van der Waals surface area (Å²) in [4.78, 5) is 10.7. The molecule has 0 spiro atoms. The number of benzene rings is 1. The van der Waals surface area contributed by atoms with Crippen molar-refractivity contribution in [2.24, 2.45) is 0 Å². The van der Waals surface area contributed by atoms with Gasteiger partial charge in [-0.05, 0) is 19.4 Å². The Hall–Kier alpha value is -1.35. The van der Waals surface area contributed by atoms with Gasteiger partial charge >= 0.3 is 0 Å². The van der Waals surface area contributed by atoms with Crippen molar-refractivity contribution < 1.29 is 4.79 Å². The van der Waals surface area contributed by atoms with E-state index in [2.05, 4.69) is 48.7 Å². The molecule has 0 heterocycles. The molecule has 0 saturated heterocycles. The van der Waals surface area contributed by atoms with E-state index in [1.54, 1.807) is 0 Å². The van der Waals surface area contributed by atoms with E-state index in [-0.39, 0.29) is 5.91 Å². The molecular weight excluding hydrogens is 200 g/mol. The number of aryl methyl sites for hydroxylation is 1. The number of hydrogen-bond donors (Lipinski definition) is 2. The average Bonchev–Trinajstić information content (AvgIpc) is 2.24. The standard InChI is InChI=1S/C13H20N2O/c1-10-5-4-6-13(9-10)11(2)14-7-8-15-12(3)16/h4-6,9,11,14H,7-8H2,1-3H3,(H,15,16)/t11-/m0/s1. The Labute approximate surface area is 97.2 Å². The molecule has 1 amide bonds. The summed E-state index contributed by atoms with van der Waals surface area (Å²) in [7, 11) is 0. The van der Waals surface area contributed by atoms with Crippen molar-refractivity contribution in [2.45, 2.75) is 26.8 Å². The minimum absolute atomic E-state index is 0.0185. The molecule has 0 unspecified atom stereocenters. The monoisotopic (exact) mass is 220 g/mol. The van der Waals surface area contributed by atoms with Crippen molar-refractivity contribution in [1.82, 2.24) is 10.6 Å². The molecular formula is C13H20N2O. The van der Waals surface area contributed by atoms with Gasteiger partial charge in [-0.25, -0.2) is 0 Å². The van der Waals surface area contributed by atoms with Crippen LogP contribution in [0.3, 0.4) is 0 Å². The molecule has 3 heteroatoms. The molecule has 0 bridgehead atoms. The fourth-order valence-corrected chi connectivity index (χ4v) is 1.58. The van der Waals surface area contributed by atoms with Gasteiger partial charge in [-0.15, -0.1) is 0 Å². The van der Waals surface area contributed by atoms with Crippen molar-refractivity contribution in [2.75, 3.05) is 13.1 Å². The second-order valence-corrected chi connectivity index (χ2v) is 4.07. The average molecular weight is 220 g/mol. The molecule has 1 atom stereocenters. The maximum Gasteiger partial charge on any atom is 0.216 e. The van der Waals surface area contributed by atoms with Gasteiger partial charge in [0.2, 0.25) is 5.91 Å². The zero-order valence-corrected chi connectivity index (χ0v) is 10.2. The van der Waals surface area contributed by atoms with E-state index in [0.29, 0.717) is 12.6 Å². The molecule has 1 rings (SSSR count). The summed E-state index contributed by atoms with van der Waals surface area (Å²) in [6, 6.07) is 8.76. The van der Waals surface area contributed by atoms with E-state index < -0.39 is 0 Å². The van der Waals surface area contributed by atoms with Crippen molar-refractivity contribution in [1.29, 1.82) is 0 Å². The van der Waals surface area contributed by atoms with Gasteiger partial charge in [0.25, 0.3) is 0 Å². The Morgan fingerprint density at radius 3 is 2.75 bits per heavy atom. The highest BCUT2D eigenvalue weighted by molar-refractivity contribution is 5.72. The molecule has 0 aliphatic rings. The van der Waals surface area contributed by atoms with Crippen LogP contribution < -0.4 is 10.6 Å². The van der Waals surface area contributed by atoms with Crippen LogP contribution in [0.25, 0.3) is 0 Å². The van der Waals surface area contributed by atoms with Crippen LogP contribution in [0, 0.1) is 6.92 Å². The fourth-order valence-electron chi connectivity index (χ4n) is 1.58. The summed E-state index contributed by atoms with van der Waals surface area (Å²) in [5.41, 5.74) is 2.55. The van der Waals surface area contributed by atoms with E-state index in [0.717, 1.165) is 6.54 Å². The molecule has 0 aliphatic carbocycles. The van der Waals surface area contributed by atoms with E-state index in [1.807, 2.05) is 0 Å². The lowest BCUT2D eigenvalue weighted by Gasteiger charge is -2.14. The first-order chi connectivity index (χ1) is 7.59. The van der Waals surface area contributed by atoms with Gasteiger partial charge in [-0.1, -0.05) is 29.8 Å². The number of rotatable bonds is 5. The minimum Gasteiger partial charge on any atom is -0.355 e. The van der Waals surface area contributed by atoms with Crippen LogP contribution in [0.4, 0.5) is 0 Å². The first-order valence-electron chi connectivity index (χ1n) is 5.64. The summed E-state index contributed by atoms with van der Waals surface area (Å²) < 4.78 is 0. The molecule has 1 aromatic carbocycles. The van der Waals surface area contributed by atoms with E-state index in [9.17, 15) is 4.79 Å². The van der Waals surface area contributed by atoms with Crippen LogP contribution in [0.15, 0.2) is 24.3 Å². The topological polar surface area (TPSA) is 41.1 Å². The third kappa shape index (κ3) is 4.45. The molecule has 3 nitrogen and oxygen atoms in total. The van der Waals surface area contributed by atoms with Gasteiger partial charge in [0, 0.05) is 26.1 Å². The number of nitrogens with one attached hydrogen (secondary N) is 2. The second kappa shape index (κ2) is 6.28. The third-order valence-electron chi connectivity index (χ3n) is 2.49. The normalized spacial score (nSPS) is 12.2. The molecule has 1 aromatic rings. The maximum absolute atomic E-state index is 10.7. The summed E-state index contributed by atoms with van der Waals surface area (Å²) >= 11 is 0. The molecule has 0 aliphatic heterocycles. The van der Waals surface area contributed by atoms with Gasteiger partial charge in [0.15, 0.2) is 0 Å². The zero-order chi connectivity index (χ0) is 12.0. The van der Waals surface area contributed by atoms with Crippen LogP contribution in [0.2, 0.25) is 0 Å². The number of carbonyl (C=O) groups is 1. The third-order valence-corrected chi connectivity index (χ3v) is 2.49. The Balaban J connectivity index is 2.35. The second-order valence-electron chi connectivity index (χ2n) is 4.07. The lowest BCUT2D eigenvalue weighted by molar-refractivity contribution is -0.118. The largest absolute Gasteiger partial charge is 0.355 e. The van der Waals surface area contributed by atoms with Crippen LogP contribution in [0.5, 0.6) is 0 Å². The molecule has 2 N–H and O–H groups in total.